The van der Waals surface area contributed by atoms with E-state index in [1.165, 1.54) is 6.20 Å². The Kier molecular flexibility index (Phi) is 4.32. The molecule has 15 heavy (non-hydrogen) atoms. The minimum Gasteiger partial charge on any atom is -0.507 e. The molecule has 0 radical (unpaired) electrons. The maximum Gasteiger partial charge on any atom is 0.132 e. The van der Waals surface area contributed by atoms with Gasteiger partial charge in [0.05, 0.1) is 3.57 Å². The zero-order valence-electron chi connectivity index (χ0n) is 8.92. The van der Waals surface area contributed by atoms with Gasteiger partial charge in [0.2, 0.25) is 0 Å². The first kappa shape index (κ1) is 12.2. The first-order valence-corrected chi connectivity index (χ1v) is 5.84. The standard InChI is InChI=1S/C12H14INO/c1-4-9-10(7-14-5-2)8(3)6-11(13)12(9)15/h5-7,15H,2,4H2,1,3H3. The molecule has 0 spiro atoms. The first-order valence-electron chi connectivity index (χ1n) is 4.76. The monoisotopic (exact) mass is 315 g/mol. The summed E-state index contributed by atoms with van der Waals surface area (Å²) < 4.78 is 0.887. The van der Waals surface area contributed by atoms with Crippen LogP contribution in [0.4, 0.5) is 0 Å². The quantitative estimate of drug-likeness (QED) is 0.673. The molecule has 80 valence electrons. The van der Waals surface area contributed by atoms with Crippen molar-refractivity contribution in [3.8, 4) is 5.75 Å². The Morgan fingerprint density at radius 3 is 2.80 bits per heavy atom. The lowest BCUT2D eigenvalue weighted by molar-refractivity contribution is 0.464. The summed E-state index contributed by atoms with van der Waals surface area (Å²) in [5.74, 6) is 0.370. The molecule has 0 heterocycles. The van der Waals surface area contributed by atoms with Crippen LogP contribution in [0, 0.1) is 10.5 Å². The smallest absolute Gasteiger partial charge is 0.132 e. The molecule has 0 fully saturated rings. The van der Waals surface area contributed by atoms with Crippen LogP contribution >= 0.6 is 22.6 Å². The fourth-order valence-electron chi connectivity index (χ4n) is 1.51. The van der Waals surface area contributed by atoms with Crippen LogP contribution < -0.4 is 0 Å². The summed E-state index contributed by atoms with van der Waals surface area (Å²) in [6, 6.07) is 1.96. The van der Waals surface area contributed by atoms with Gasteiger partial charge < -0.3 is 5.11 Å². The van der Waals surface area contributed by atoms with Crippen molar-refractivity contribution < 1.29 is 5.11 Å². The van der Waals surface area contributed by atoms with E-state index < -0.39 is 0 Å². The van der Waals surface area contributed by atoms with Gasteiger partial charge in [-0.05, 0) is 47.6 Å². The highest BCUT2D eigenvalue weighted by atomic mass is 127. The lowest BCUT2D eigenvalue weighted by Crippen LogP contribution is -1.97. The van der Waals surface area contributed by atoms with Gasteiger partial charge >= 0.3 is 0 Å². The second-order valence-corrected chi connectivity index (χ2v) is 4.39. The molecule has 0 aliphatic carbocycles. The fraction of sp³-hybridized carbons (Fsp3) is 0.250. The Labute approximate surface area is 104 Å². The number of halogens is 1. The molecule has 0 unspecified atom stereocenters. The molecule has 0 atom stereocenters. The molecule has 0 amide bonds. The molecule has 1 rings (SSSR count). The Hall–Kier alpha value is -0.840. The fourth-order valence-corrected chi connectivity index (χ4v) is 2.30. The molecule has 3 heteroatoms. The van der Waals surface area contributed by atoms with E-state index in [9.17, 15) is 5.11 Å². The van der Waals surface area contributed by atoms with Gasteiger partial charge in [-0.25, -0.2) is 0 Å². The largest absolute Gasteiger partial charge is 0.507 e. The van der Waals surface area contributed by atoms with Crippen LogP contribution in [0.2, 0.25) is 0 Å². The molecule has 0 aliphatic rings. The molecule has 0 saturated carbocycles. The van der Waals surface area contributed by atoms with Crippen LogP contribution in [0.3, 0.4) is 0 Å². The van der Waals surface area contributed by atoms with Gasteiger partial charge in [-0.2, -0.15) is 0 Å². The summed E-state index contributed by atoms with van der Waals surface area (Å²) in [6.07, 6.45) is 4.03. The van der Waals surface area contributed by atoms with E-state index in [2.05, 4.69) is 34.2 Å². The van der Waals surface area contributed by atoms with Crippen molar-refractivity contribution in [3.05, 3.63) is 39.1 Å². The van der Waals surface area contributed by atoms with Gasteiger partial charge in [0.1, 0.15) is 5.75 Å². The summed E-state index contributed by atoms with van der Waals surface area (Å²) in [7, 11) is 0. The maximum atomic E-state index is 9.91. The van der Waals surface area contributed by atoms with Crippen molar-refractivity contribution in [2.24, 2.45) is 4.99 Å². The van der Waals surface area contributed by atoms with Crippen molar-refractivity contribution in [1.82, 2.24) is 0 Å². The second-order valence-electron chi connectivity index (χ2n) is 3.23. The van der Waals surface area contributed by atoms with E-state index in [1.54, 1.807) is 6.21 Å². The van der Waals surface area contributed by atoms with Crippen molar-refractivity contribution in [1.29, 1.82) is 0 Å². The third-order valence-electron chi connectivity index (χ3n) is 2.27. The molecular weight excluding hydrogens is 301 g/mol. The van der Waals surface area contributed by atoms with Crippen molar-refractivity contribution in [2.45, 2.75) is 20.3 Å². The minimum absolute atomic E-state index is 0.370. The molecule has 0 bridgehead atoms. The molecule has 1 N–H and O–H groups in total. The molecule has 0 aliphatic heterocycles. The average Bonchev–Trinajstić information content (AvgIpc) is 2.21. The van der Waals surface area contributed by atoms with E-state index >= 15 is 0 Å². The summed E-state index contributed by atoms with van der Waals surface area (Å²) in [5, 5.41) is 9.91. The summed E-state index contributed by atoms with van der Waals surface area (Å²) in [6.45, 7) is 7.58. The number of aliphatic imine (C=N–C) groups is 1. The highest BCUT2D eigenvalue weighted by molar-refractivity contribution is 14.1. The van der Waals surface area contributed by atoms with E-state index in [0.717, 1.165) is 26.7 Å². The number of benzene rings is 1. The van der Waals surface area contributed by atoms with Crippen LogP contribution in [0.1, 0.15) is 23.6 Å². The summed E-state index contributed by atoms with van der Waals surface area (Å²) >= 11 is 2.14. The SMILES string of the molecule is C=CN=Cc1c(C)cc(I)c(O)c1CC. The van der Waals surface area contributed by atoms with Gasteiger partial charge in [0, 0.05) is 23.5 Å². The van der Waals surface area contributed by atoms with Crippen LogP contribution in [-0.4, -0.2) is 11.3 Å². The Morgan fingerprint density at radius 2 is 2.27 bits per heavy atom. The molecule has 0 aromatic heterocycles. The third kappa shape index (κ3) is 2.59. The second kappa shape index (κ2) is 5.30. The molecular formula is C12H14INO. The number of hydrogen-bond acceptors (Lipinski definition) is 2. The van der Waals surface area contributed by atoms with Crippen LogP contribution in [0.5, 0.6) is 5.75 Å². The van der Waals surface area contributed by atoms with Gasteiger partial charge in [-0.15, -0.1) is 0 Å². The van der Waals surface area contributed by atoms with Gasteiger partial charge in [-0.1, -0.05) is 13.5 Å². The maximum absolute atomic E-state index is 9.91. The average molecular weight is 315 g/mol. The zero-order valence-corrected chi connectivity index (χ0v) is 11.1. The lowest BCUT2D eigenvalue weighted by Gasteiger charge is -2.11. The van der Waals surface area contributed by atoms with Gasteiger partial charge in [0.25, 0.3) is 0 Å². The highest BCUT2D eigenvalue weighted by Crippen LogP contribution is 2.29. The van der Waals surface area contributed by atoms with Crippen LogP contribution in [-0.2, 0) is 6.42 Å². The number of rotatable bonds is 3. The Morgan fingerprint density at radius 1 is 1.60 bits per heavy atom. The Balaban J connectivity index is 3.41. The van der Waals surface area contributed by atoms with E-state index in [-0.39, 0.29) is 0 Å². The summed E-state index contributed by atoms with van der Waals surface area (Å²) in [5.41, 5.74) is 3.07. The van der Waals surface area contributed by atoms with Crippen molar-refractivity contribution in [3.63, 3.8) is 0 Å². The zero-order chi connectivity index (χ0) is 11.4. The lowest BCUT2D eigenvalue weighted by atomic mass is 10.00. The molecule has 1 aromatic rings. The van der Waals surface area contributed by atoms with E-state index in [0.29, 0.717) is 5.75 Å². The van der Waals surface area contributed by atoms with Gasteiger partial charge in [-0.3, -0.25) is 4.99 Å². The normalized spacial score (nSPS) is 10.9. The number of phenolic OH excluding ortho intramolecular Hbond substituents is 1. The van der Waals surface area contributed by atoms with E-state index in [4.69, 9.17) is 0 Å². The van der Waals surface area contributed by atoms with Crippen LogP contribution in [0.25, 0.3) is 0 Å². The topological polar surface area (TPSA) is 32.6 Å². The predicted octanol–water partition coefficient (Wildman–Crippen LogP) is 3.43. The van der Waals surface area contributed by atoms with Crippen molar-refractivity contribution >= 4 is 28.8 Å². The number of aromatic hydroxyl groups is 1. The van der Waals surface area contributed by atoms with Crippen LogP contribution in [0.15, 0.2) is 23.8 Å². The molecule has 2 nitrogen and oxygen atoms in total. The number of aryl methyl sites for hydroxylation is 1. The predicted molar refractivity (Wildman–Crippen MR) is 72.7 cm³/mol. The minimum atomic E-state index is 0.370. The van der Waals surface area contributed by atoms with E-state index in [1.807, 2.05) is 19.9 Å². The summed E-state index contributed by atoms with van der Waals surface area (Å²) in [4.78, 5) is 4.01. The van der Waals surface area contributed by atoms with Crippen molar-refractivity contribution in [2.75, 3.05) is 0 Å². The number of phenols is 1. The molecule has 1 aromatic carbocycles. The number of nitrogens with zero attached hydrogens (tertiary/aromatic N) is 1. The van der Waals surface area contributed by atoms with Gasteiger partial charge in [0.15, 0.2) is 0 Å². The highest BCUT2D eigenvalue weighted by Gasteiger charge is 2.11. The Bertz CT molecular complexity index is 411. The number of hydrogen-bond donors (Lipinski definition) is 1. The molecule has 0 saturated heterocycles. The first-order chi connectivity index (χ1) is 7.11. The third-order valence-corrected chi connectivity index (χ3v) is 3.09.